The fraction of sp³-hybridized carbons (Fsp3) is 1.00. The van der Waals surface area contributed by atoms with Crippen molar-refractivity contribution < 1.29 is 0 Å². The van der Waals surface area contributed by atoms with Crippen molar-refractivity contribution in [2.75, 3.05) is 0 Å². The van der Waals surface area contributed by atoms with Gasteiger partial charge in [-0.1, -0.05) is 32.5 Å². The summed E-state index contributed by atoms with van der Waals surface area (Å²) in [4.78, 5) is 0. The number of rotatable bonds is 0. The summed E-state index contributed by atoms with van der Waals surface area (Å²) in [6.45, 7) is 3.93. The predicted molar refractivity (Wildman–Crippen MR) is 79.8 cm³/mol. The third-order valence-electron chi connectivity index (χ3n) is 1.77. The van der Waals surface area contributed by atoms with Crippen LogP contribution in [0.3, 0.4) is 0 Å². The van der Waals surface area contributed by atoms with Crippen LogP contribution in [0.2, 0.25) is 25.7 Å². The molecular formula is C8H17Cl5Si2. The Balaban J connectivity index is 0.000000336. The zero-order valence-electron chi connectivity index (χ0n) is 9.22. The Labute approximate surface area is 119 Å². The van der Waals surface area contributed by atoms with Gasteiger partial charge in [0.1, 0.15) is 11.3 Å². The minimum Gasteiger partial charge on any atom is -0.168 e. The molecule has 0 aromatic rings. The van der Waals surface area contributed by atoms with E-state index in [2.05, 4.69) is 19.6 Å². The second kappa shape index (κ2) is 6.17. The maximum Gasteiger partial charge on any atom is 0.286 e. The van der Waals surface area contributed by atoms with Crippen LogP contribution in [0.5, 0.6) is 0 Å². The summed E-state index contributed by atoms with van der Waals surface area (Å²) in [5, 5.41) is 0. The molecule has 0 aliphatic carbocycles. The molecule has 0 atom stereocenters. The summed E-state index contributed by atoms with van der Waals surface area (Å²) in [5.74, 6) is 0. The van der Waals surface area contributed by atoms with Crippen LogP contribution in [0.4, 0.5) is 0 Å². The van der Waals surface area contributed by atoms with Crippen LogP contribution in [0.1, 0.15) is 19.3 Å². The topological polar surface area (TPSA) is 0 Å². The summed E-state index contributed by atoms with van der Waals surface area (Å²) < 4.78 is -0.811. The molecule has 0 nitrogen and oxygen atoms in total. The van der Waals surface area contributed by atoms with E-state index in [4.69, 9.17) is 56.4 Å². The normalized spacial score (nSPS) is 24.0. The van der Waals surface area contributed by atoms with Gasteiger partial charge in [-0.15, -0.1) is 45.4 Å². The summed E-state index contributed by atoms with van der Waals surface area (Å²) in [6.07, 6.45) is 2.86. The lowest BCUT2D eigenvalue weighted by Gasteiger charge is -2.34. The summed E-state index contributed by atoms with van der Waals surface area (Å²) in [5.41, 5.74) is 0. The Morgan fingerprint density at radius 2 is 1.47 bits per heavy atom. The molecule has 92 valence electrons. The second-order valence-electron chi connectivity index (χ2n) is 4.68. The molecule has 0 amide bonds. The van der Waals surface area contributed by atoms with Crippen molar-refractivity contribution >= 4 is 70.5 Å². The average molecular weight is 347 g/mol. The molecule has 0 N–H and O–H groups in total. The number of hydrogen-bond donors (Lipinski definition) is 0. The Kier molecular flexibility index (Phi) is 6.94. The highest BCUT2D eigenvalue weighted by atomic mass is 35.7. The van der Waals surface area contributed by atoms with Gasteiger partial charge >= 0.3 is 0 Å². The first-order chi connectivity index (χ1) is 6.46. The Bertz CT molecular complexity index is 178. The number of alkyl halides is 2. The fourth-order valence-corrected chi connectivity index (χ4v) is 4.87. The minimum absolute atomic E-state index is 0.745. The van der Waals surface area contributed by atoms with E-state index in [1.54, 1.807) is 0 Å². The largest absolute Gasteiger partial charge is 0.286 e. The van der Waals surface area contributed by atoms with Crippen LogP contribution in [0, 0.1) is 0 Å². The molecule has 0 aromatic heterocycles. The van der Waals surface area contributed by atoms with Crippen molar-refractivity contribution in [2.45, 2.75) is 48.9 Å². The van der Waals surface area contributed by atoms with E-state index < -0.39 is 18.0 Å². The molecule has 7 heteroatoms. The van der Waals surface area contributed by atoms with E-state index in [9.17, 15) is 0 Å². The van der Waals surface area contributed by atoms with E-state index >= 15 is 0 Å². The van der Waals surface area contributed by atoms with Crippen molar-refractivity contribution in [1.82, 2.24) is 0 Å². The van der Waals surface area contributed by atoms with Crippen molar-refractivity contribution in [3.05, 3.63) is 0 Å². The Morgan fingerprint density at radius 3 is 1.67 bits per heavy atom. The predicted octanol–water partition coefficient (Wildman–Crippen LogP) is 5.86. The maximum atomic E-state index is 6.00. The third kappa shape index (κ3) is 7.74. The lowest BCUT2D eigenvalue weighted by Crippen LogP contribution is -2.44. The molecule has 15 heavy (non-hydrogen) atoms. The second-order valence-corrected chi connectivity index (χ2v) is 21.6. The van der Waals surface area contributed by atoms with E-state index in [1.807, 2.05) is 0 Å². The monoisotopic (exact) mass is 344 g/mol. The van der Waals surface area contributed by atoms with E-state index in [-0.39, 0.29) is 0 Å². The molecule has 1 aliphatic heterocycles. The Morgan fingerprint density at radius 1 is 1.07 bits per heavy atom. The summed E-state index contributed by atoms with van der Waals surface area (Å²) in [7, 11) is -1.14. The van der Waals surface area contributed by atoms with Gasteiger partial charge in [-0.25, -0.2) is 0 Å². The van der Waals surface area contributed by atoms with Crippen molar-refractivity contribution in [3.63, 3.8) is 0 Å². The first-order valence-corrected chi connectivity index (χ1v) is 14.4. The van der Waals surface area contributed by atoms with Gasteiger partial charge in [-0.2, -0.15) is 11.1 Å². The van der Waals surface area contributed by atoms with Gasteiger partial charge in [-0.05, 0) is 12.5 Å². The smallest absolute Gasteiger partial charge is 0.168 e. The van der Waals surface area contributed by atoms with Gasteiger partial charge in [0.25, 0.3) is 6.69 Å². The van der Waals surface area contributed by atoms with Crippen molar-refractivity contribution in [2.24, 2.45) is 0 Å². The molecule has 0 aromatic carbocycles. The first-order valence-electron chi connectivity index (χ1n) is 4.90. The molecule has 0 unspecified atom stereocenters. The molecule has 1 rings (SSSR count). The zero-order valence-corrected chi connectivity index (χ0v) is 15.0. The molecule has 1 aliphatic rings. The van der Waals surface area contributed by atoms with Gasteiger partial charge in [0.05, 0.1) is 0 Å². The highest BCUT2D eigenvalue weighted by Crippen LogP contribution is 2.48. The number of hydrogen-bond acceptors (Lipinski definition) is 0. The van der Waals surface area contributed by atoms with Gasteiger partial charge in [-0.3, -0.25) is 0 Å². The van der Waals surface area contributed by atoms with E-state index in [0.29, 0.717) is 0 Å². The molecule has 1 saturated heterocycles. The van der Waals surface area contributed by atoms with E-state index in [0.717, 1.165) is 25.3 Å². The van der Waals surface area contributed by atoms with Crippen LogP contribution in [-0.2, 0) is 0 Å². The minimum atomic E-state index is -2.34. The summed E-state index contributed by atoms with van der Waals surface area (Å²) >= 11 is 29.5. The van der Waals surface area contributed by atoms with Crippen molar-refractivity contribution in [1.29, 1.82) is 0 Å². The summed E-state index contributed by atoms with van der Waals surface area (Å²) in [6, 6.07) is 0.823. The zero-order chi connectivity index (χ0) is 12.3. The van der Waals surface area contributed by atoms with Crippen LogP contribution >= 0.6 is 56.4 Å². The lowest BCUT2D eigenvalue weighted by atomic mass is 10.3. The molecular weight excluding hydrogens is 330 g/mol. The molecule has 0 saturated carbocycles. The highest BCUT2D eigenvalue weighted by molar-refractivity contribution is 7.50. The van der Waals surface area contributed by atoms with Gasteiger partial charge in [0.2, 0.25) is 0 Å². The average Bonchev–Trinajstić information content (AvgIpc) is 1.92. The van der Waals surface area contributed by atoms with Crippen LogP contribution < -0.4 is 0 Å². The molecule has 0 radical (unpaired) electrons. The van der Waals surface area contributed by atoms with Gasteiger partial charge in [0, 0.05) is 0 Å². The molecule has 0 bridgehead atoms. The highest BCUT2D eigenvalue weighted by Gasteiger charge is 2.51. The molecule has 1 heterocycles. The standard InChI is InChI=1S/C5H8Cl4Si.C3H9ClSi/c6-5(7)3-1-2-4-10(5,8)9;1-5(2,3)4/h1-4H2;1-3H3. The van der Waals surface area contributed by atoms with Crippen molar-refractivity contribution in [3.8, 4) is 0 Å². The third-order valence-corrected chi connectivity index (χ3v) is 10.6. The lowest BCUT2D eigenvalue weighted by molar-refractivity contribution is 0.684. The van der Waals surface area contributed by atoms with Crippen LogP contribution in [0.15, 0.2) is 0 Å². The van der Waals surface area contributed by atoms with Gasteiger partial charge < -0.3 is 0 Å². The maximum absolute atomic E-state index is 6.00. The number of halogens is 5. The molecule has 1 fully saturated rings. The SMILES string of the molecule is C[Si](C)(C)Cl.ClC1(Cl)CCCC[Si]1(Cl)Cl. The quantitative estimate of drug-likeness (QED) is 0.292. The first kappa shape index (κ1) is 16.9. The van der Waals surface area contributed by atoms with Crippen LogP contribution in [0.25, 0.3) is 0 Å². The van der Waals surface area contributed by atoms with Crippen LogP contribution in [-0.4, -0.2) is 18.0 Å². The fourth-order valence-electron chi connectivity index (χ4n) is 1.06. The van der Waals surface area contributed by atoms with E-state index in [1.165, 1.54) is 0 Å². The Hall–Kier alpha value is 1.88. The molecule has 0 spiro atoms. The van der Waals surface area contributed by atoms with Gasteiger partial charge in [0.15, 0.2) is 0 Å².